The molecule has 86 valence electrons. The number of nitrogens with one attached hydrogen (secondary N) is 2. The highest BCUT2D eigenvalue weighted by Crippen LogP contribution is 2.24. The van der Waals surface area contributed by atoms with Crippen LogP contribution >= 0.6 is 11.3 Å². The normalized spacial score (nSPS) is 10.9. The summed E-state index contributed by atoms with van der Waals surface area (Å²) in [7, 11) is 0. The first-order valence-corrected chi connectivity index (χ1v) is 6.43. The lowest BCUT2D eigenvalue weighted by Gasteiger charge is -1.99. The van der Waals surface area contributed by atoms with Gasteiger partial charge >= 0.3 is 0 Å². The Hall–Kier alpha value is -1.81. The SMILES string of the molecule is Cc1ccc2nc(Nc3cscc3C)[nH]c2c1. The van der Waals surface area contributed by atoms with Crippen LogP contribution in [0.3, 0.4) is 0 Å². The highest BCUT2D eigenvalue weighted by atomic mass is 32.1. The number of aromatic amines is 1. The fourth-order valence-corrected chi connectivity index (χ4v) is 2.58. The van der Waals surface area contributed by atoms with Crippen molar-refractivity contribution in [2.45, 2.75) is 13.8 Å². The Morgan fingerprint density at radius 1 is 1.24 bits per heavy atom. The first-order valence-electron chi connectivity index (χ1n) is 5.48. The molecular weight excluding hydrogens is 230 g/mol. The van der Waals surface area contributed by atoms with Crippen LogP contribution < -0.4 is 5.32 Å². The van der Waals surface area contributed by atoms with Gasteiger partial charge in [0.2, 0.25) is 5.95 Å². The fraction of sp³-hybridized carbons (Fsp3) is 0.154. The number of nitrogens with zero attached hydrogens (tertiary/aromatic N) is 1. The van der Waals surface area contributed by atoms with Gasteiger partial charge in [0.25, 0.3) is 0 Å². The topological polar surface area (TPSA) is 40.7 Å². The van der Waals surface area contributed by atoms with E-state index in [1.165, 1.54) is 11.1 Å². The number of H-pyrrole nitrogens is 1. The molecule has 0 aliphatic rings. The zero-order valence-corrected chi connectivity index (χ0v) is 10.6. The summed E-state index contributed by atoms with van der Waals surface area (Å²) in [5, 5.41) is 7.52. The molecule has 4 heteroatoms. The number of hydrogen-bond acceptors (Lipinski definition) is 3. The lowest BCUT2D eigenvalue weighted by molar-refractivity contribution is 1.30. The third-order valence-corrected chi connectivity index (χ3v) is 3.61. The summed E-state index contributed by atoms with van der Waals surface area (Å²) < 4.78 is 0. The van der Waals surface area contributed by atoms with Crippen LogP contribution in [-0.2, 0) is 0 Å². The molecule has 0 bridgehead atoms. The number of rotatable bonds is 2. The summed E-state index contributed by atoms with van der Waals surface area (Å²) in [6.45, 7) is 4.17. The molecule has 0 atom stereocenters. The number of thiophene rings is 1. The van der Waals surface area contributed by atoms with Crippen molar-refractivity contribution in [2.75, 3.05) is 5.32 Å². The molecule has 2 heterocycles. The van der Waals surface area contributed by atoms with E-state index in [2.05, 4.69) is 52.0 Å². The molecule has 3 nitrogen and oxygen atoms in total. The number of hydrogen-bond donors (Lipinski definition) is 2. The largest absolute Gasteiger partial charge is 0.325 e. The van der Waals surface area contributed by atoms with Crippen molar-refractivity contribution < 1.29 is 0 Å². The first-order chi connectivity index (χ1) is 8.22. The van der Waals surface area contributed by atoms with Crippen LogP contribution in [0.25, 0.3) is 11.0 Å². The lowest BCUT2D eigenvalue weighted by Crippen LogP contribution is -1.91. The van der Waals surface area contributed by atoms with Gasteiger partial charge in [-0.2, -0.15) is 0 Å². The van der Waals surface area contributed by atoms with Gasteiger partial charge in [-0.1, -0.05) is 6.07 Å². The number of aryl methyl sites for hydroxylation is 2. The van der Waals surface area contributed by atoms with Gasteiger partial charge in [0, 0.05) is 5.38 Å². The molecule has 3 rings (SSSR count). The molecule has 0 fully saturated rings. The van der Waals surface area contributed by atoms with Crippen LogP contribution in [0.5, 0.6) is 0 Å². The smallest absolute Gasteiger partial charge is 0.205 e. The van der Waals surface area contributed by atoms with E-state index in [4.69, 9.17) is 0 Å². The quantitative estimate of drug-likeness (QED) is 0.714. The van der Waals surface area contributed by atoms with Crippen LogP contribution in [0.2, 0.25) is 0 Å². The molecule has 3 aromatic rings. The third kappa shape index (κ3) is 1.91. The minimum atomic E-state index is 0.798. The van der Waals surface area contributed by atoms with Gasteiger partial charge in [0.15, 0.2) is 0 Å². The molecule has 1 aromatic carbocycles. The summed E-state index contributed by atoms with van der Waals surface area (Å²) in [5.41, 5.74) is 5.66. The predicted octanol–water partition coefficient (Wildman–Crippen LogP) is 3.98. The van der Waals surface area contributed by atoms with Crippen LogP contribution in [0.1, 0.15) is 11.1 Å². The Labute approximate surface area is 104 Å². The highest BCUT2D eigenvalue weighted by Gasteiger charge is 2.04. The van der Waals surface area contributed by atoms with Crippen molar-refractivity contribution in [3.8, 4) is 0 Å². The van der Waals surface area contributed by atoms with Gasteiger partial charge in [-0.05, 0) is 42.5 Å². The lowest BCUT2D eigenvalue weighted by atomic mass is 10.2. The molecule has 0 spiro atoms. The van der Waals surface area contributed by atoms with Crippen molar-refractivity contribution in [2.24, 2.45) is 0 Å². The van der Waals surface area contributed by atoms with Gasteiger partial charge in [0.1, 0.15) is 0 Å². The van der Waals surface area contributed by atoms with Gasteiger partial charge in [-0.25, -0.2) is 4.98 Å². The predicted molar refractivity (Wildman–Crippen MR) is 73.2 cm³/mol. The van der Waals surface area contributed by atoms with E-state index in [-0.39, 0.29) is 0 Å². The minimum Gasteiger partial charge on any atom is -0.325 e. The van der Waals surface area contributed by atoms with E-state index < -0.39 is 0 Å². The third-order valence-electron chi connectivity index (χ3n) is 2.75. The van der Waals surface area contributed by atoms with Crippen molar-refractivity contribution in [3.05, 3.63) is 40.1 Å². The Kier molecular flexibility index (Phi) is 2.37. The van der Waals surface area contributed by atoms with Crippen LogP contribution in [-0.4, -0.2) is 9.97 Å². The Morgan fingerprint density at radius 3 is 2.88 bits per heavy atom. The molecule has 17 heavy (non-hydrogen) atoms. The van der Waals surface area contributed by atoms with Crippen LogP contribution in [0, 0.1) is 13.8 Å². The summed E-state index contributed by atoms with van der Waals surface area (Å²) in [5.74, 6) is 0.798. The van der Waals surface area contributed by atoms with E-state index >= 15 is 0 Å². The molecule has 0 unspecified atom stereocenters. The van der Waals surface area contributed by atoms with Crippen LogP contribution in [0.4, 0.5) is 11.6 Å². The van der Waals surface area contributed by atoms with Gasteiger partial charge in [-0.3, -0.25) is 0 Å². The molecule has 0 amide bonds. The standard InChI is InChI=1S/C13H13N3S/c1-8-3-4-10-11(5-8)15-13(14-10)16-12-7-17-6-9(12)2/h3-7H,1-2H3,(H2,14,15,16). The van der Waals surface area contributed by atoms with E-state index in [1.807, 2.05) is 6.07 Å². The second-order valence-corrected chi connectivity index (χ2v) is 4.94. The minimum absolute atomic E-state index is 0.798. The maximum absolute atomic E-state index is 4.51. The molecule has 2 aromatic heterocycles. The number of fused-ring (bicyclic) bond motifs is 1. The average Bonchev–Trinajstić information content (AvgIpc) is 2.85. The Bertz CT molecular complexity index is 666. The monoisotopic (exact) mass is 243 g/mol. The summed E-state index contributed by atoms with van der Waals surface area (Å²) in [6.07, 6.45) is 0. The van der Waals surface area contributed by atoms with E-state index in [0.29, 0.717) is 0 Å². The maximum atomic E-state index is 4.51. The van der Waals surface area contributed by atoms with Gasteiger partial charge < -0.3 is 10.3 Å². The fourth-order valence-electron chi connectivity index (χ4n) is 1.80. The van der Waals surface area contributed by atoms with Crippen molar-refractivity contribution in [3.63, 3.8) is 0 Å². The summed E-state index contributed by atoms with van der Waals surface area (Å²) in [6, 6.07) is 6.21. The van der Waals surface area contributed by atoms with Crippen molar-refractivity contribution >= 4 is 34.0 Å². The number of anilines is 2. The second-order valence-electron chi connectivity index (χ2n) is 4.20. The number of aromatic nitrogens is 2. The zero-order chi connectivity index (χ0) is 11.8. The van der Waals surface area contributed by atoms with Crippen molar-refractivity contribution in [1.29, 1.82) is 0 Å². The van der Waals surface area contributed by atoms with Crippen LogP contribution in [0.15, 0.2) is 29.0 Å². The van der Waals surface area contributed by atoms with E-state index in [1.54, 1.807) is 11.3 Å². The van der Waals surface area contributed by atoms with Crippen molar-refractivity contribution in [1.82, 2.24) is 9.97 Å². The molecule has 0 aliphatic carbocycles. The molecule has 0 saturated carbocycles. The number of imidazole rings is 1. The first kappa shape index (κ1) is 10.4. The Morgan fingerprint density at radius 2 is 2.12 bits per heavy atom. The van der Waals surface area contributed by atoms with Gasteiger partial charge in [0.05, 0.1) is 16.7 Å². The number of benzene rings is 1. The molecule has 0 aliphatic heterocycles. The van der Waals surface area contributed by atoms with Gasteiger partial charge in [-0.15, -0.1) is 11.3 Å². The summed E-state index contributed by atoms with van der Waals surface area (Å²) >= 11 is 1.69. The zero-order valence-electron chi connectivity index (χ0n) is 9.74. The molecule has 0 radical (unpaired) electrons. The second kappa shape index (κ2) is 3.89. The molecule has 0 saturated heterocycles. The summed E-state index contributed by atoms with van der Waals surface area (Å²) in [4.78, 5) is 7.79. The highest BCUT2D eigenvalue weighted by molar-refractivity contribution is 7.08. The van der Waals surface area contributed by atoms with E-state index in [9.17, 15) is 0 Å². The maximum Gasteiger partial charge on any atom is 0.205 e. The molecular formula is C13H13N3S. The van der Waals surface area contributed by atoms with E-state index in [0.717, 1.165) is 22.7 Å². The molecule has 2 N–H and O–H groups in total. The average molecular weight is 243 g/mol. The Balaban J connectivity index is 1.99.